The SMILES string of the molecule is CC.CNc1nc(=O)n([C@@H]2O[C@H](CO)[C@@H](O)[C@H]2O)cc1C. The minimum atomic E-state index is -1.29. The van der Waals surface area contributed by atoms with Gasteiger partial charge in [-0.2, -0.15) is 4.98 Å². The van der Waals surface area contributed by atoms with Crippen molar-refractivity contribution >= 4 is 5.82 Å². The summed E-state index contributed by atoms with van der Waals surface area (Å²) in [5, 5.41) is 31.3. The summed E-state index contributed by atoms with van der Waals surface area (Å²) in [5.74, 6) is 0.438. The van der Waals surface area contributed by atoms with Gasteiger partial charge in [0.15, 0.2) is 6.23 Å². The number of aliphatic hydroxyl groups is 3. The summed E-state index contributed by atoms with van der Waals surface area (Å²) in [5.41, 5.74) is 0.0876. The molecule has 0 spiro atoms. The molecule has 8 nitrogen and oxygen atoms in total. The van der Waals surface area contributed by atoms with Crippen molar-refractivity contribution < 1.29 is 20.1 Å². The number of aryl methyl sites for hydroxylation is 1. The quantitative estimate of drug-likeness (QED) is 0.579. The summed E-state index contributed by atoms with van der Waals surface area (Å²) < 4.78 is 6.39. The van der Waals surface area contributed by atoms with E-state index in [2.05, 4.69) is 10.3 Å². The van der Waals surface area contributed by atoms with Crippen LogP contribution >= 0.6 is 0 Å². The topological polar surface area (TPSA) is 117 Å². The molecule has 2 heterocycles. The molecule has 0 radical (unpaired) electrons. The van der Waals surface area contributed by atoms with Crippen LogP contribution in [0.15, 0.2) is 11.0 Å². The Bertz CT molecular complexity index is 519. The van der Waals surface area contributed by atoms with Gasteiger partial charge < -0.3 is 25.4 Å². The van der Waals surface area contributed by atoms with Crippen LogP contribution in [0, 0.1) is 6.92 Å². The van der Waals surface area contributed by atoms with E-state index in [0.29, 0.717) is 11.4 Å². The second-order valence-electron chi connectivity index (χ2n) is 4.44. The van der Waals surface area contributed by atoms with Crippen LogP contribution in [-0.4, -0.2) is 56.8 Å². The molecule has 1 aliphatic heterocycles. The van der Waals surface area contributed by atoms with E-state index in [1.165, 1.54) is 6.20 Å². The summed E-state index contributed by atoms with van der Waals surface area (Å²) in [6.07, 6.45) is -3.03. The molecule has 8 heteroatoms. The minimum absolute atomic E-state index is 0.438. The summed E-state index contributed by atoms with van der Waals surface area (Å²) >= 11 is 0. The fourth-order valence-electron chi connectivity index (χ4n) is 2.11. The van der Waals surface area contributed by atoms with E-state index in [9.17, 15) is 15.0 Å². The fraction of sp³-hybridized carbons (Fsp3) is 0.692. The average molecular weight is 301 g/mol. The molecule has 0 aliphatic carbocycles. The number of hydrogen-bond donors (Lipinski definition) is 4. The summed E-state index contributed by atoms with van der Waals surface area (Å²) in [6, 6.07) is 0. The van der Waals surface area contributed by atoms with Gasteiger partial charge in [0.25, 0.3) is 0 Å². The average Bonchev–Trinajstić information content (AvgIpc) is 2.79. The van der Waals surface area contributed by atoms with Crippen LogP contribution in [0.4, 0.5) is 5.82 Å². The number of rotatable bonds is 3. The molecular weight excluding hydrogens is 278 g/mol. The maximum atomic E-state index is 11.9. The molecule has 120 valence electrons. The highest BCUT2D eigenvalue weighted by molar-refractivity contribution is 5.40. The van der Waals surface area contributed by atoms with E-state index in [0.717, 1.165) is 4.57 Å². The molecule has 1 aromatic rings. The van der Waals surface area contributed by atoms with Crippen molar-refractivity contribution in [2.24, 2.45) is 0 Å². The Hall–Kier alpha value is -1.48. The van der Waals surface area contributed by atoms with Crippen molar-refractivity contribution in [1.29, 1.82) is 0 Å². The van der Waals surface area contributed by atoms with Gasteiger partial charge in [0.1, 0.15) is 24.1 Å². The zero-order chi connectivity index (χ0) is 16.2. The predicted molar refractivity (Wildman–Crippen MR) is 77.1 cm³/mol. The molecule has 0 unspecified atom stereocenters. The van der Waals surface area contributed by atoms with Crippen molar-refractivity contribution in [2.45, 2.75) is 45.3 Å². The zero-order valence-electron chi connectivity index (χ0n) is 12.6. The second-order valence-corrected chi connectivity index (χ2v) is 4.44. The Morgan fingerprint density at radius 2 is 2.00 bits per heavy atom. The lowest BCUT2D eigenvalue weighted by molar-refractivity contribution is -0.0550. The van der Waals surface area contributed by atoms with E-state index >= 15 is 0 Å². The molecule has 0 saturated carbocycles. The highest BCUT2D eigenvalue weighted by atomic mass is 16.6. The second kappa shape index (κ2) is 7.51. The Morgan fingerprint density at radius 3 is 2.48 bits per heavy atom. The maximum absolute atomic E-state index is 11.9. The Labute approximate surface area is 123 Å². The Balaban J connectivity index is 0.00000106. The number of hydrogen-bond acceptors (Lipinski definition) is 7. The normalized spacial score (nSPS) is 28.0. The molecule has 4 N–H and O–H groups in total. The fourth-order valence-corrected chi connectivity index (χ4v) is 2.11. The van der Waals surface area contributed by atoms with Gasteiger partial charge in [-0.1, -0.05) is 13.8 Å². The third-order valence-electron chi connectivity index (χ3n) is 3.16. The molecule has 0 aromatic carbocycles. The van der Waals surface area contributed by atoms with Crippen molar-refractivity contribution in [2.75, 3.05) is 19.0 Å². The van der Waals surface area contributed by atoms with Crippen molar-refractivity contribution in [3.8, 4) is 0 Å². The van der Waals surface area contributed by atoms with Crippen molar-refractivity contribution in [3.05, 3.63) is 22.2 Å². The van der Waals surface area contributed by atoms with Crippen LogP contribution in [-0.2, 0) is 4.74 Å². The van der Waals surface area contributed by atoms with Crippen LogP contribution in [0.2, 0.25) is 0 Å². The van der Waals surface area contributed by atoms with Gasteiger partial charge in [-0.15, -0.1) is 0 Å². The lowest BCUT2D eigenvalue weighted by Crippen LogP contribution is -2.36. The van der Waals surface area contributed by atoms with E-state index < -0.39 is 36.8 Å². The predicted octanol–water partition coefficient (Wildman–Crippen LogP) is -0.769. The molecule has 1 saturated heterocycles. The lowest BCUT2D eigenvalue weighted by atomic mass is 10.1. The number of nitrogens with one attached hydrogen (secondary N) is 1. The van der Waals surface area contributed by atoms with Gasteiger partial charge >= 0.3 is 5.69 Å². The van der Waals surface area contributed by atoms with Crippen LogP contribution in [0.25, 0.3) is 0 Å². The first-order valence-electron chi connectivity index (χ1n) is 6.89. The first-order chi connectivity index (χ1) is 9.99. The molecule has 21 heavy (non-hydrogen) atoms. The Morgan fingerprint density at radius 1 is 1.38 bits per heavy atom. The Kier molecular flexibility index (Phi) is 6.28. The van der Waals surface area contributed by atoms with Gasteiger partial charge in [0.2, 0.25) is 0 Å². The van der Waals surface area contributed by atoms with Gasteiger partial charge in [0, 0.05) is 18.8 Å². The number of nitrogens with zero attached hydrogens (tertiary/aromatic N) is 2. The molecule has 1 aromatic heterocycles. The molecule has 2 rings (SSSR count). The van der Waals surface area contributed by atoms with Crippen LogP contribution < -0.4 is 11.0 Å². The monoisotopic (exact) mass is 301 g/mol. The number of ether oxygens (including phenoxy) is 1. The van der Waals surface area contributed by atoms with Crippen molar-refractivity contribution in [1.82, 2.24) is 9.55 Å². The van der Waals surface area contributed by atoms with E-state index in [4.69, 9.17) is 9.84 Å². The van der Waals surface area contributed by atoms with E-state index in [-0.39, 0.29) is 0 Å². The molecule has 0 amide bonds. The number of aromatic nitrogens is 2. The number of anilines is 1. The minimum Gasteiger partial charge on any atom is -0.394 e. The van der Waals surface area contributed by atoms with E-state index in [1.54, 1.807) is 14.0 Å². The number of aliphatic hydroxyl groups excluding tert-OH is 3. The van der Waals surface area contributed by atoms with E-state index in [1.807, 2.05) is 13.8 Å². The van der Waals surface area contributed by atoms with Gasteiger partial charge in [-0.25, -0.2) is 4.79 Å². The third-order valence-corrected chi connectivity index (χ3v) is 3.16. The summed E-state index contributed by atoms with van der Waals surface area (Å²) in [6.45, 7) is 5.31. The van der Waals surface area contributed by atoms with Gasteiger partial charge in [-0.05, 0) is 6.92 Å². The van der Waals surface area contributed by atoms with Crippen molar-refractivity contribution in [3.63, 3.8) is 0 Å². The molecule has 1 aliphatic rings. The summed E-state index contributed by atoms with van der Waals surface area (Å²) in [4.78, 5) is 15.7. The lowest BCUT2D eigenvalue weighted by Gasteiger charge is -2.18. The highest BCUT2D eigenvalue weighted by Gasteiger charge is 2.43. The summed E-state index contributed by atoms with van der Waals surface area (Å²) in [7, 11) is 1.64. The molecule has 4 atom stereocenters. The van der Waals surface area contributed by atoms with Crippen LogP contribution in [0.5, 0.6) is 0 Å². The highest BCUT2D eigenvalue weighted by Crippen LogP contribution is 2.28. The first kappa shape index (κ1) is 17.6. The maximum Gasteiger partial charge on any atom is 0.351 e. The molecule has 1 fully saturated rings. The largest absolute Gasteiger partial charge is 0.394 e. The van der Waals surface area contributed by atoms with Crippen LogP contribution in [0.1, 0.15) is 25.6 Å². The standard InChI is InChI=1S/C11H17N3O5.C2H6/c1-5-3-14(11(18)13-9(5)12-2)10-8(17)7(16)6(4-15)19-10;1-2/h3,6-8,10,15-17H,4H2,1-2H3,(H,12,13,18);1-2H3/t6-,7-,8-,10-;/m1./s1. The van der Waals surface area contributed by atoms with Gasteiger partial charge in [0.05, 0.1) is 6.61 Å². The first-order valence-corrected chi connectivity index (χ1v) is 6.89. The third kappa shape index (κ3) is 3.41. The molecule has 0 bridgehead atoms. The van der Waals surface area contributed by atoms with Gasteiger partial charge in [-0.3, -0.25) is 4.57 Å². The molecular formula is C13H23N3O5. The van der Waals surface area contributed by atoms with Crippen LogP contribution in [0.3, 0.4) is 0 Å². The smallest absolute Gasteiger partial charge is 0.351 e. The zero-order valence-corrected chi connectivity index (χ0v) is 12.6.